The molecule has 2 fully saturated rings. The van der Waals surface area contributed by atoms with Crippen molar-refractivity contribution < 1.29 is 23.9 Å². The summed E-state index contributed by atoms with van der Waals surface area (Å²) in [5.74, 6) is 1.15. The number of benzene rings is 2. The lowest BCUT2D eigenvalue weighted by Gasteiger charge is -2.46. The number of β-lactam (4-membered cyclic amide) rings is 1. The molecule has 278 valence electrons. The van der Waals surface area contributed by atoms with Crippen molar-refractivity contribution >= 4 is 29.4 Å². The van der Waals surface area contributed by atoms with Gasteiger partial charge in [0.1, 0.15) is 23.4 Å². The van der Waals surface area contributed by atoms with E-state index in [1.165, 1.54) is 11.3 Å². The van der Waals surface area contributed by atoms with Gasteiger partial charge in [0.2, 0.25) is 5.91 Å². The number of likely N-dealkylation sites (tertiary alicyclic amines) is 1. The van der Waals surface area contributed by atoms with Gasteiger partial charge in [0, 0.05) is 37.4 Å². The third-order valence-electron chi connectivity index (χ3n) is 10.8. The van der Waals surface area contributed by atoms with Crippen LogP contribution in [0.5, 0.6) is 11.5 Å². The number of imide groups is 1. The van der Waals surface area contributed by atoms with Crippen LogP contribution in [-0.2, 0) is 22.4 Å². The van der Waals surface area contributed by atoms with Crippen molar-refractivity contribution in [2.75, 3.05) is 31.5 Å². The zero-order chi connectivity index (χ0) is 37.3. The number of urea groups is 1. The van der Waals surface area contributed by atoms with E-state index in [1.807, 2.05) is 60.7 Å². The Morgan fingerprint density at radius 2 is 1.55 bits per heavy atom. The third kappa shape index (κ3) is 8.79. The van der Waals surface area contributed by atoms with Gasteiger partial charge in [-0.15, -0.1) is 0 Å². The van der Waals surface area contributed by atoms with Crippen molar-refractivity contribution in [2.24, 2.45) is 11.8 Å². The van der Waals surface area contributed by atoms with Crippen LogP contribution in [-0.4, -0.2) is 66.1 Å². The molecule has 0 bridgehead atoms. The Hall–Kier alpha value is -5.45. The molecular formula is C42H50N6O5. The first-order valence-electron chi connectivity index (χ1n) is 18.6. The second kappa shape index (κ2) is 17.4. The van der Waals surface area contributed by atoms with E-state index >= 15 is 0 Å². The Kier molecular flexibility index (Phi) is 12.2. The molecule has 11 nitrogen and oxygen atoms in total. The van der Waals surface area contributed by atoms with Gasteiger partial charge in [-0.2, -0.15) is 0 Å². The van der Waals surface area contributed by atoms with Gasteiger partial charge in [-0.25, -0.2) is 9.78 Å². The minimum atomic E-state index is -0.962. The smallest absolute Gasteiger partial charge is 0.325 e. The number of pyridine rings is 2. The molecule has 1 saturated heterocycles. The molecule has 0 spiro atoms. The maximum atomic E-state index is 14.2. The van der Waals surface area contributed by atoms with Crippen molar-refractivity contribution in [3.8, 4) is 11.5 Å². The standard InChI is InChI=1S/C42H50N6O5/c1-5-36(30-9-7-6-8-10-30)46-42(51)48-39(41(50)47(2)32-20-22-43-23-21-32)35(40(48)49)25-29-19-24-44-38(27-29)45-37(31-13-17-34(53-4)18-14-31)26-28-11-15-33(52-3)16-12-28/h11-24,27,30,35-37,39H,5-10,25-26H2,1-4H3,(H,44,45)(H,46,51)/t35-,36-,37?,39+/m1/s1. The number of likely N-dealkylation sites (N-methyl/N-ethyl adjacent to an activating group) is 1. The van der Waals surface area contributed by atoms with E-state index in [1.54, 1.807) is 52.0 Å². The first kappa shape index (κ1) is 37.3. The highest BCUT2D eigenvalue weighted by atomic mass is 16.5. The quantitative estimate of drug-likeness (QED) is 0.134. The van der Waals surface area contributed by atoms with E-state index in [-0.39, 0.29) is 30.3 Å². The van der Waals surface area contributed by atoms with E-state index in [0.717, 1.165) is 65.2 Å². The van der Waals surface area contributed by atoms with E-state index in [0.29, 0.717) is 23.8 Å². The molecule has 6 rings (SSSR count). The van der Waals surface area contributed by atoms with Crippen LogP contribution in [0.4, 0.5) is 16.3 Å². The summed E-state index contributed by atoms with van der Waals surface area (Å²) >= 11 is 0. The fourth-order valence-corrected chi connectivity index (χ4v) is 7.67. The Labute approximate surface area is 312 Å². The van der Waals surface area contributed by atoms with Crippen LogP contribution < -0.4 is 25.0 Å². The summed E-state index contributed by atoms with van der Waals surface area (Å²) in [5, 5.41) is 6.75. The van der Waals surface area contributed by atoms with Crippen molar-refractivity contribution in [1.29, 1.82) is 0 Å². The molecule has 2 aliphatic rings. The Morgan fingerprint density at radius 3 is 2.19 bits per heavy atom. The molecule has 1 saturated carbocycles. The molecule has 1 aliphatic heterocycles. The van der Waals surface area contributed by atoms with E-state index in [9.17, 15) is 14.4 Å². The van der Waals surface area contributed by atoms with E-state index in [4.69, 9.17) is 9.47 Å². The zero-order valence-corrected chi connectivity index (χ0v) is 31.0. The van der Waals surface area contributed by atoms with Crippen LogP contribution in [0.25, 0.3) is 0 Å². The molecule has 1 unspecified atom stereocenters. The minimum Gasteiger partial charge on any atom is -0.497 e. The molecule has 2 aromatic heterocycles. The summed E-state index contributed by atoms with van der Waals surface area (Å²) < 4.78 is 10.8. The molecule has 4 amide bonds. The van der Waals surface area contributed by atoms with Crippen molar-refractivity contribution in [3.63, 3.8) is 0 Å². The van der Waals surface area contributed by atoms with Gasteiger partial charge in [-0.1, -0.05) is 50.5 Å². The second-order valence-corrected chi connectivity index (χ2v) is 14.0. The summed E-state index contributed by atoms with van der Waals surface area (Å²) in [6.07, 6.45) is 12.2. The Morgan fingerprint density at radius 1 is 0.887 bits per heavy atom. The molecule has 1 aliphatic carbocycles. The molecular weight excluding hydrogens is 668 g/mol. The van der Waals surface area contributed by atoms with Crippen LogP contribution in [0, 0.1) is 11.8 Å². The van der Waals surface area contributed by atoms with Crippen LogP contribution in [0.1, 0.15) is 68.2 Å². The normalized spacial score (nSPS) is 18.3. The summed E-state index contributed by atoms with van der Waals surface area (Å²) in [4.78, 5) is 53.3. The zero-order valence-electron chi connectivity index (χ0n) is 31.0. The lowest BCUT2D eigenvalue weighted by atomic mass is 9.81. The van der Waals surface area contributed by atoms with Gasteiger partial charge in [0.25, 0.3) is 5.91 Å². The maximum absolute atomic E-state index is 14.2. The average Bonchev–Trinajstić information content (AvgIpc) is 3.21. The number of methoxy groups -OCH3 is 2. The van der Waals surface area contributed by atoms with Gasteiger partial charge >= 0.3 is 6.03 Å². The fraction of sp³-hybridized carbons (Fsp3) is 0.405. The van der Waals surface area contributed by atoms with E-state index in [2.05, 4.69) is 27.5 Å². The summed E-state index contributed by atoms with van der Waals surface area (Å²) in [7, 11) is 4.96. The number of aromatic nitrogens is 2. The minimum absolute atomic E-state index is 0.0475. The molecule has 0 radical (unpaired) electrons. The van der Waals surface area contributed by atoms with E-state index < -0.39 is 18.0 Å². The summed E-state index contributed by atoms with van der Waals surface area (Å²) in [6.45, 7) is 2.06. The summed E-state index contributed by atoms with van der Waals surface area (Å²) in [5.41, 5.74) is 3.63. The number of nitrogens with zero attached hydrogens (tertiary/aromatic N) is 4. The monoisotopic (exact) mass is 718 g/mol. The first-order chi connectivity index (χ1) is 25.8. The second-order valence-electron chi connectivity index (χ2n) is 14.0. The highest BCUT2D eigenvalue weighted by Gasteiger charge is 2.55. The molecule has 2 aromatic carbocycles. The first-order valence-corrected chi connectivity index (χ1v) is 18.6. The fourth-order valence-electron chi connectivity index (χ4n) is 7.67. The number of hydrogen-bond donors (Lipinski definition) is 2. The number of ether oxygens (including phenoxy) is 2. The van der Waals surface area contributed by atoms with Crippen molar-refractivity contribution in [2.45, 2.75) is 76.4 Å². The molecule has 3 heterocycles. The predicted octanol–water partition coefficient (Wildman–Crippen LogP) is 6.99. The lowest BCUT2D eigenvalue weighted by molar-refractivity contribution is -0.156. The van der Waals surface area contributed by atoms with Gasteiger partial charge in [-0.05, 0) is 103 Å². The number of nitrogens with one attached hydrogen (secondary N) is 2. The van der Waals surface area contributed by atoms with Crippen molar-refractivity contribution in [3.05, 3.63) is 108 Å². The molecule has 4 atom stereocenters. The number of carbonyl (C=O) groups excluding carboxylic acids is 3. The van der Waals surface area contributed by atoms with Gasteiger partial charge < -0.3 is 25.0 Å². The largest absolute Gasteiger partial charge is 0.497 e. The molecule has 4 aromatic rings. The van der Waals surface area contributed by atoms with Crippen LogP contribution in [0.2, 0.25) is 0 Å². The van der Waals surface area contributed by atoms with Crippen LogP contribution >= 0.6 is 0 Å². The highest BCUT2D eigenvalue weighted by Crippen LogP contribution is 2.35. The van der Waals surface area contributed by atoms with Crippen LogP contribution in [0.15, 0.2) is 91.4 Å². The predicted molar refractivity (Wildman–Crippen MR) is 205 cm³/mol. The lowest BCUT2D eigenvalue weighted by Crippen LogP contribution is -2.71. The van der Waals surface area contributed by atoms with Gasteiger partial charge in [0.15, 0.2) is 0 Å². The summed E-state index contributed by atoms with van der Waals surface area (Å²) in [6, 6.07) is 21.5. The SMILES string of the molecule is CC[C@@H](NC(=O)N1C(=O)[C@H](Cc2ccnc(NC(Cc3ccc(OC)cc3)c3ccc(OC)cc3)c2)[C@H]1C(=O)N(C)c1ccncc1)C1CCCCC1. The molecule has 53 heavy (non-hydrogen) atoms. The number of hydrogen-bond acceptors (Lipinski definition) is 8. The Bertz CT molecular complexity index is 1830. The van der Waals surface area contributed by atoms with Crippen LogP contribution in [0.3, 0.4) is 0 Å². The third-order valence-corrected chi connectivity index (χ3v) is 10.8. The number of amides is 4. The molecule has 11 heteroatoms. The maximum Gasteiger partial charge on any atom is 0.325 e. The molecule has 2 N–H and O–H groups in total. The van der Waals surface area contributed by atoms with Gasteiger partial charge in [0.05, 0.1) is 26.2 Å². The topological polar surface area (TPSA) is 126 Å². The Balaban J connectivity index is 1.23. The number of rotatable bonds is 14. The number of carbonyl (C=O) groups is 3. The van der Waals surface area contributed by atoms with Gasteiger partial charge in [-0.3, -0.25) is 19.5 Å². The van der Waals surface area contributed by atoms with Crippen molar-refractivity contribution in [1.82, 2.24) is 20.2 Å². The number of anilines is 2. The average molecular weight is 719 g/mol. The highest BCUT2D eigenvalue weighted by molar-refractivity contribution is 6.12.